The molecule has 2 unspecified atom stereocenters. The maximum absolute atomic E-state index is 3.28. The van der Waals surface area contributed by atoms with E-state index in [0.29, 0.717) is 11.3 Å². The molecule has 1 aliphatic rings. The quantitative estimate of drug-likeness (QED) is 0.816. The lowest BCUT2D eigenvalue weighted by molar-refractivity contribution is 0.617. The van der Waals surface area contributed by atoms with Gasteiger partial charge in [0.25, 0.3) is 0 Å². The van der Waals surface area contributed by atoms with Crippen LogP contribution < -0.4 is 5.32 Å². The molecule has 0 bridgehead atoms. The summed E-state index contributed by atoms with van der Waals surface area (Å²) in [5, 5.41) is 3.28. The van der Waals surface area contributed by atoms with E-state index in [1.165, 1.54) is 17.5 Å². The summed E-state index contributed by atoms with van der Waals surface area (Å²) < 4.78 is 0. The summed E-state index contributed by atoms with van der Waals surface area (Å²) >= 11 is 0. The molecular weight excluding hydrogens is 194 g/mol. The first-order valence-electron chi connectivity index (χ1n) is 6.33. The van der Waals surface area contributed by atoms with Crippen LogP contribution in [0.2, 0.25) is 0 Å². The molecule has 0 heterocycles. The molecule has 0 saturated heterocycles. The van der Waals surface area contributed by atoms with Gasteiger partial charge in [-0.3, -0.25) is 0 Å². The zero-order chi connectivity index (χ0) is 11.8. The van der Waals surface area contributed by atoms with E-state index in [1.54, 1.807) is 0 Å². The highest BCUT2D eigenvalue weighted by atomic mass is 14.8. The summed E-state index contributed by atoms with van der Waals surface area (Å²) in [6.45, 7) is 8.02. The number of nitrogens with one attached hydrogen (secondary N) is 1. The number of hydrogen-bond donors (Lipinski definition) is 1. The third-order valence-corrected chi connectivity index (χ3v) is 4.10. The predicted octanol–water partition coefficient (Wildman–Crippen LogP) is 3.31. The van der Waals surface area contributed by atoms with Crippen molar-refractivity contribution in [3.63, 3.8) is 0 Å². The molecule has 1 heteroatoms. The molecule has 1 N–H and O–H groups in total. The molecule has 1 saturated carbocycles. The molecule has 2 atom stereocenters. The van der Waals surface area contributed by atoms with E-state index in [1.807, 2.05) is 7.05 Å². The van der Waals surface area contributed by atoms with Crippen LogP contribution in [0.3, 0.4) is 0 Å². The van der Waals surface area contributed by atoms with Crippen molar-refractivity contribution in [3.8, 4) is 0 Å². The highest BCUT2D eigenvalue weighted by Crippen LogP contribution is 2.53. The normalized spacial score (nSPS) is 28.4. The molecular formula is C15H23N. The molecule has 1 aliphatic carbocycles. The summed E-state index contributed by atoms with van der Waals surface area (Å²) in [5.74, 6) is 1.46. The second-order valence-electron chi connectivity index (χ2n) is 5.65. The standard InChI is InChI=1S/C15H23N/c1-11(2)12-5-7-13(8-6-12)15(3)9-14(15)10-16-4/h5-8,11,14,16H,9-10H2,1-4H3. The SMILES string of the molecule is CNCC1CC1(C)c1ccc(C(C)C)cc1. The Balaban J connectivity index is 2.11. The Morgan fingerprint density at radius 3 is 2.44 bits per heavy atom. The first-order valence-corrected chi connectivity index (χ1v) is 6.33. The lowest BCUT2D eigenvalue weighted by Gasteiger charge is -2.13. The van der Waals surface area contributed by atoms with E-state index in [-0.39, 0.29) is 0 Å². The largest absolute Gasteiger partial charge is 0.319 e. The molecule has 1 fully saturated rings. The third-order valence-electron chi connectivity index (χ3n) is 4.10. The van der Waals surface area contributed by atoms with Gasteiger partial charge < -0.3 is 5.32 Å². The van der Waals surface area contributed by atoms with Crippen LogP contribution in [0.25, 0.3) is 0 Å². The van der Waals surface area contributed by atoms with E-state index in [2.05, 4.69) is 50.4 Å². The van der Waals surface area contributed by atoms with Gasteiger partial charge in [0, 0.05) is 0 Å². The van der Waals surface area contributed by atoms with Crippen LogP contribution in [0, 0.1) is 5.92 Å². The fourth-order valence-corrected chi connectivity index (χ4v) is 2.60. The molecule has 0 radical (unpaired) electrons. The highest BCUT2D eigenvalue weighted by molar-refractivity contribution is 5.35. The van der Waals surface area contributed by atoms with E-state index < -0.39 is 0 Å². The maximum Gasteiger partial charge on any atom is -0.00148 e. The van der Waals surface area contributed by atoms with Gasteiger partial charge in [-0.15, -0.1) is 0 Å². The van der Waals surface area contributed by atoms with E-state index >= 15 is 0 Å². The Hall–Kier alpha value is -0.820. The van der Waals surface area contributed by atoms with Crippen molar-refractivity contribution in [1.82, 2.24) is 5.32 Å². The molecule has 88 valence electrons. The zero-order valence-electron chi connectivity index (χ0n) is 10.9. The van der Waals surface area contributed by atoms with Gasteiger partial charge in [0.1, 0.15) is 0 Å². The Morgan fingerprint density at radius 1 is 1.31 bits per heavy atom. The molecule has 0 amide bonds. The van der Waals surface area contributed by atoms with Gasteiger partial charge in [-0.2, -0.15) is 0 Å². The minimum atomic E-state index is 0.429. The number of hydrogen-bond acceptors (Lipinski definition) is 1. The van der Waals surface area contributed by atoms with Gasteiger partial charge in [-0.25, -0.2) is 0 Å². The van der Waals surface area contributed by atoms with Crippen LogP contribution in [0.5, 0.6) is 0 Å². The first-order chi connectivity index (χ1) is 7.58. The van der Waals surface area contributed by atoms with E-state index in [0.717, 1.165) is 12.5 Å². The van der Waals surface area contributed by atoms with Crippen LogP contribution in [0.15, 0.2) is 24.3 Å². The second-order valence-corrected chi connectivity index (χ2v) is 5.65. The Labute approximate surface area is 99.3 Å². The fourth-order valence-electron chi connectivity index (χ4n) is 2.60. The monoisotopic (exact) mass is 217 g/mol. The van der Waals surface area contributed by atoms with Gasteiger partial charge in [0.2, 0.25) is 0 Å². The van der Waals surface area contributed by atoms with E-state index in [4.69, 9.17) is 0 Å². The Kier molecular flexibility index (Phi) is 3.07. The van der Waals surface area contributed by atoms with Gasteiger partial charge in [0.05, 0.1) is 0 Å². The van der Waals surface area contributed by atoms with Gasteiger partial charge in [-0.1, -0.05) is 45.0 Å². The minimum absolute atomic E-state index is 0.429. The van der Waals surface area contributed by atoms with Crippen LogP contribution >= 0.6 is 0 Å². The molecule has 2 rings (SSSR count). The van der Waals surface area contributed by atoms with Crippen LogP contribution in [0.4, 0.5) is 0 Å². The minimum Gasteiger partial charge on any atom is -0.319 e. The van der Waals surface area contributed by atoms with Gasteiger partial charge in [0.15, 0.2) is 0 Å². The summed E-state index contributed by atoms with van der Waals surface area (Å²) in [6, 6.07) is 9.23. The molecule has 0 spiro atoms. The average Bonchev–Trinajstić information content (AvgIpc) is 2.92. The summed E-state index contributed by atoms with van der Waals surface area (Å²) in [7, 11) is 2.04. The molecule has 0 aliphatic heterocycles. The Bertz CT molecular complexity index is 352. The average molecular weight is 217 g/mol. The summed E-state index contributed by atoms with van der Waals surface area (Å²) in [6.07, 6.45) is 1.33. The third kappa shape index (κ3) is 2.01. The van der Waals surface area contributed by atoms with Crippen LogP contribution in [-0.4, -0.2) is 13.6 Å². The lowest BCUT2D eigenvalue weighted by atomic mass is 9.92. The van der Waals surface area contributed by atoms with Crippen molar-refractivity contribution in [2.24, 2.45) is 5.92 Å². The molecule has 1 aromatic rings. The van der Waals surface area contributed by atoms with Crippen LogP contribution in [0.1, 0.15) is 44.2 Å². The van der Waals surface area contributed by atoms with Crippen molar-refractivity contribution in [2.75, 3.05) is 13.6 Å². The number of benzene rings is 1. The summed E-state index contributed by atoms with van der Waals surface area (Å²) in [4.78, 5) is 0. The Morgan fingerprint density at radius 2 is 1.94 bits per heavy atom. The smallest absolute Gasteiger partial charge is 0.00148 e. The number of rotatable bonds is 4. The fraction of sp³-hybridized carbons (Fsp3) is 0.600. The predicted molar refractivity (Wildman–Crippen MR) is 69.9 cm³/mol. The molecule has 1 nitrogen and oxygen atoms in total. The van der Waals surface area contributed by atoms with Crippen molar-refractivity contribution in [3.05, 3.63) is 35.4 Å². The molecule has 1 aromatic carbocycles. The van der Waals surface area contributed by atoms with Crippen molar-refractivity contribution >= 4 is 0 Å². The summed E-state index contributed by atoms with van der Waals surface area (Å²) in [5.41, 5.74) is 3.38. The lowest BCUT2D eigenvalue weighted by Crippen LogP contribution is -2.15. The van der Waals surface area contributed by atoms with Crippen molar-refractivity contribution in [2.45, 2.75) is 38.5 Å². The molecule has 16 heavy (non-hydrogen) atoms. The zero-order valence-corrected chi connectivity index (χ0v) is 10.9. The maximum atomic E-state index is 3.28. The van der Waals surface area contributed by atoms with Crippen LogP contribution in [-0.2, 0) is 5.41 Å². The molecule has 0 aromatic heterocycles. The highest BCUT2D eigenvalue weighted by Gasteiger charge is 2.50. The second kappa shape index (κ2) is 4.21. The van der Waals surface area contributed by atoms with Crippen molar-refractivity contribution in [1.29, 1.82) is 0 Å². The van der Waals surface area contributed by atoms with Gasteiger partial charge >= 0.3 is 0 Å². The van der Waals surface area contributed by atoms with Gasteiger partial charge in [-0.05, 0) is 48.4 Å². The van der Waals surface area contributed by atoms with E-state index in [9.17, 15) is 0 Å². The first kappa shape index (κ1) is 11.7. The van der Waals surface area contributed by atoms with Crippen molar-refractivity contribution < 1.29 is 0 Å². The topological polar surface area (TPSA) is 12.0 Å².